The van der Waals surface area contributed by atoms with Crippen molar-refractivity contribution in [3.8, 4) is 0 Å². The molecule has 0 aliphatic carbocycles. The number of rotatable bonds is 2. The fourth-order valence-corrected chi connectivity index (χ4v) is 1.15. The lowest BCUT2D eigenvalue weighted by atomic mass is 10.3. The molecule has 0 aromatic rings. The van der Waals surface area contributed by atoms with Gasteiger partial charge in [-0.2, -0.15) is 0 Å². The number of hydrogen-bond donors (Lipinski definition) is 2. The molecule has 1 heterocycles. The molecule has 0 unspecified atom stereocenters. The average Bonchev–Trinajstić information content (AvgIpc) is 2.06. The Balaban J connectivity index is 0. The summed E-state index contributed by atoms with van der Waals surface area (Å²) in [5, 5.41) is 5.84. The van der Waals surface area contributed by atoms with Crippen LogP contribution in [-0.2, 0) is 4.79 Å². The third-order valence-electron chi connectivity index (χ3n) is 1.86. The molecule has 0 bridgehead atoms. The Labute approximate surface area is 91.3 Å². The van der Waals surface area contributed by atoms with Crippen LogP contribution in [0, 0.1) is 0 Å². The maximum Gasteiger partial charge on any atom is 0.233 e. The molecule has 0 radical (unpaired) electrons. The van der Waals surface area contributed by atoms with E-state index in [1.54, 1.807) is 7.05 Å². The Morgan fingerprint density at radius 1 is 1.38 bits per heavy atom. The van der Waals surface area contributed by atoms with Gasteiger partial charge >= 0.3 is 0 Å². The lowest BCUT2D eigenvalue weighted by molar-refractivity contribution is -0.121. The van der Waals surface area contributed by atoms with Crippen molar-refractivity contribution < 1.29 is 4.79 Å². The van der Waals surface area contributed by atoms with Crippen LogP contribution >= 0.6 is 24.8 Å². The molecule has 13 heavy (non-hydrogen) atoms. The van der Waals surface area contributed by atoms with Gasteiger partial charge < -0.3 is 10.6 Å². The van der Waals surface area contributed by atoms with E-state index in [-0.39, 0.29) is 30.7 Å². The number of hydrogen-bond acceptors (Lipinski definition) is 3. The number of piperazine rings is 1. The summed E-state index contributed by atoms with van der Waals surface area (Å²) in [6.45, 7) is 4.49. The molecule has 6 heteroatoms. The second kappa shape index (κ2) is 8.56. The summed E-state index contributed by atoms with van der Waals surface area (Å²) in [5.41, 5.74) is 0. The van der Waals surface area contributed by atoms with Crippen molar-refractivity contribution in [2.24, 2.45) is 0 Å². The van der Waals surface area contributed by atoms with Gasteiger partial charge in [0.05, 0.1) is 6.54 Å². The third-order valence-corrected chi connectivity index (χ3v) is 1.86. The highest BCUT2D eigenvalue weighted by Gasteiger charge is 2.11. The highest BCUT2D eigenvalue weighted by Crippen LogP contribution is 1.90. The van der Waals surface area contributed by atoms with Crippen molar-refractivity contribution in [2.45, 2.75) is 0 Å². The molecule has 0 spiro atoms. The molecule has 0 atom stereocenters. The highest BCUT2D eigenvalue weighted by molar-refractivity contribution is 5.85. The quantitative estimate of drug-likeness (QED) is 0.671. The van der Waals surface area contributed by atoms with Crippen LogP contribution < -0.4 is 10.6 Å². The number of likely N-dealkylation sites (N-methyl/N-ethyl adjacent to an activating group) is 1. The zero-order valence-corrected chi connectivity index (χ0v) is 9.34. The van der Waals surface area contributed by atoms with Crippen molar-refractivity contribution in [1.82, 2.24) is 15.5 Å². The summed E-state index contributed by atoms with van der Waals surface area (Å²) in [5.74, 6) is 0.104. The van der Waals surface area contributed by atoms with E-state index in [1.165, 1.54) is 0 Å². The van der Waals surface area contributed by atoms with E-state index in [1.807, 2.05) is 0 Å². The first-order chi connectivity index (χ1) is 5.33. The van der Waals surface area contributed by atoms with Gasteiger partial charge in [0, 0.05) is 33.2 Å². The number of nitrogens with one attached hydrogen (secondary N) is 2. The fraction of sp³-hybridized carbons (Fsp3) is 0.857. The summed E-state index contributed by atoms with van der Waals surface area (Å²) in [4.78, 5) is 13.1. The van der Waals surface area contributed by atoms with Gasteiger partial charge in [0.2, 0.25) is 5.91 Å². The van der Waals surface area contributed by atoms with E-state index >= 15 is 0 Å². The minimum atomic E-state index is 0. The first-order valence-electron chi connectivity index (χ1n) is 3.96. The van der Waals surface area contributed by atoms with E-state index in [9.17, 15) is 4.79 Å². The normalized spacial score (nSPS) is 16.7. The van der Waals surface area contributed by atoms with E-state index in [0.29, 0.717) is 6.54 Å². The second-order valence-corrected chi connectivity index (χ2v) is 2.70. The largest absolute Gasteiger partial charge is 0.358 e. The Kier molecular flexibility index (Phi) is 10.2. The van der Waals surface area contributed by atoms with Crippen molar-refractivity contribution in [2.75, 3.05) is 39.8 Å². The first-order valence-corrected chi connectivity index (χ1v) is 3.96. The molecular formula is C7H17Cl2N3O. The number of amides is 1. The molecule has 1 saturated heterocycles. The van der Waals surface area contributed by atoms with Crippen molar-refractivity contribution in [1.29, 1.82) is 0 Å². The van der Waals surface area contributed by atoms with Crippen LogP contribution in [0.25, 0.3) is 0 Å². The summed E-state index contributed by atoms with van der Waals surface area (Å²) in [7, 11) is 1.67. The van der Waals surface area contributed by atoms with Crippen LogP contribution in [0.2, 0.25) is 0 Å². The highest BCUT2D eigenvalue weighted by atomic mass is 35.5. The van der Waals surface area contributed by atoms with E-state index < -0.39 is 0 Å². The van der Waals surface area contributed by atoms with Crippen LogP contribution in [-0.4, -0.2) is 50.6 Å². The van der Waals surface area contributed by atoms with Gasteiger partial charge in [-0.1, -0.05) is 0 Å². The van der Waals surface area contributed by atoms with Gasteiger partial charge in [0.15, 0.2) is 0 Å². The molecule has 1 rings (SSSR count). The van der Waals surface area contributed by atoms with Gasteiger partial charge in [-0.05, 0) is 0 Å². The van der Waals surface area contributed by atoms with Crippen LogP contribution in [0.3, 0.4) is 0 Å². The van der Waals surface area contributed by atoms with E-state index in [0.717, 1.165) is 26.2 Å². The maximum absolute atomic E-state index is 10.9. The maximum atomic E-state index is 10.9. The zero-order valence-electron chi connectivity index (χ0n) is 7.71. The molecule has 0 saturated carbocycles. The Morgan fingerprint density at radius 2 is 1.92 bits per heavy atom. The first kappa shape index (κ1) is 15.4. The smallest absolute Gasteiger partial charge is 0.233 e. The fourth-order valence-electron chi connectivity index (χ4n) is 1.15. The predicted octanol–water partition coefficient (Wildman–Crippen LogP) is -0.519. The molecule has 1 fully saturated rings. The number of nitrogens with zero attached hydrogens (tertiary/aromatic N) is 1. The summed E-state index contributed by atoms with van der Waals surface area (Å²) < 4.78 is 0. The summed E-state index contributed by atoms with van der Waals surface area (Å²) >= 11 is 0. The van der Waals surface area contributed by atoms with Crippen LogP contribution in [0.4, 0.5) is 0 Å². The van der Waals surface area contributed by atoms with Gasteiger partial charge in [0.25, 0.3) is 0 Å². The van der Waals surface area contributed by atoms with Gasteiger partial charge in [-0.3, -0.25) is 9.69 Å². The molecule has 2 N–H and O–H groups in total. The van der Waals surface area contributed by atoms with E-state index in [2.05, 4.69) is 15.5 Å². The van der Waals surface area contributed by atoms with Gasteiger partial charge in [-0.15, -0.1) is 24.8 Å². The Hall–Kier alpha value is -0.0300. The SMILES string of the molecule is CNC(=O)CN1CCNCC1.Cl.Cl. The standard InChI is InChI=1S/C7H15N3O.2ClH/c1-8-7(11)6-10-4-2-9-3-5-10;;/h9H,2-6H2,1H3,(H,8,11);2*1H. The third kappa shape index (κ3) is 6.10. The molecule has 0 aromatic heterocycles. The zero-order chi connectivity index (χ0) is 8.10. The Morgan fingerprint density at radius 3 is 2.38 bits per heavy atom. The topological polar surface area (TPSA) is 44.4 Å². The molecule has 1 amide bonds. The van der Waals surface area contributed by atoms with Crippen molar-refractivity contribution >= 4 is 30.7 Å². The second-order valence-electron chi connectivity index (χ2n) is 2.70. The number of carbonyl (C=O) groups excluding carboxylic acids is 1. The van der Waals surface area contributed by atoms with Crippen LogP contribution in [0.1, 0.15) is 0 Å². The molecule has 80 valence electrons. The van der Waals surface area contributed by atoms with Gasteiger partial charge in [0.1, 0.15) is 0 Å². The average molecular weight is 230 g/mol. The molecule has 0 aromatic carbocycles. The lowest BCUT2D eigenvalue weighted by Gasteiger charge is -2.26. The van der Waals surface area contributed by atoms with E-state index in [4.69, 9.17) is 0 Å². The molecule has 1 aliphatic rings. The van der Waals surface area contributed by atoms with Crippen LogP contribution in [0.15, 0.2) is 0 Å². The summed E-state index contributed by atoms with van der Waals surface area (Å²) in [6, 6.07) is 0. The Bertz CT molecular complexity index is 140. The molecule has 4 nitrogen and oxygen atoms in total. The predicted molar refractivity (Wildman–Crippen MR) is 57.9 cm³/mol. The molecular weight excluding hydrogens is 213 g/mol. The number of halogens is 2. The molecule has 1 aliphatic heterocycles. The lowest BCUT2D eigenvalue weighted by Crippen LogP contribution is -2.47. The monoisotopic (exact) mass is 229 g/mol. The van der Waals surface area contributed by atoms with Crippen molar-refractivity contribution in [3.05, 3.63) is 0 Å². The van der Waals surface area contributed by atoms with Crippen molar-refractivity contribution in [3.63, 3.8) is 0 Å². The number of carbonyl (C=O) groups is 1. The minimum absolute atomic E-state index is 0. The van der Waals surface area contributed by atoms with Gasteiger partial charge in [-0.25, -0.2) is 0 Å². The van der Waals surface area contributed by atoms with Crippen LogP contribution in [0.5, 0.6) is 0 Å². The summed E-state index contributed by atoms with van der Waals surface area (Å²) in [6.07, 6.45) is 0. The minimum Gasteiger partial charge on any atom is -0.358 e.